The van der Waals surface area contributed by atoms with Crippen LogP contribution >= 0.6 is 0 Å². The molecule has 1 unspecified atom stereocenters. The lowest BCUT2D eigenvalue weighted by Gasteiger charge is -2.20. The van der Waals surface area contributed by atoms with E-state index in [9.17, 15) is 0 Å². The largest absolute Gasteiger partial charge is 0.0654 e. The summed E-state index contributed by atoms with van der Waals surface area (Å²) in [5, 5.41) is 0. The molecule has 0 spiro atoms. The van der Waals surface area contributed by atoms with Gasteiger partial charge in [0, 0.05) is 0 Å². The van der Waals surface area contributed by atoms with Crippen molar-refractivity contribution in [2.45, 2.75) is 72.1 Å². The van der Waals surface area contributed by atoms with Crippen LogP contribution in [0.1, 0.15) is 71.3 Å². The Morgan fingerprint density at radius 3 is 2.16 bits per heavy atom. The third-order valence-electron chi connectivity index (χ3n) is 4.05. The van der Waals surface area contributed by atoms with Crippen molar-refractivity contribution in [1.82, 2.24) is 0 Å². The van der Waals surface area contributed by atoms with Gasteiger partial charge in [0.1, 0.15) is 0 Å². The molecule has 0 fully saturated rings. The Hall–Kier alpha value is -0.780. The molecule has 0 aliphatic heterocycles. The standard InChI is InChI=1S/C19H31/c1-4-5-6-7-8-12-15-19(17(2)3)16-18-13-10-9-11-14-18/h9-11,13-14,19H,4-8,12,15-16H2,1-3H3. The lowest BCUT2D eigenvalue weighted by molar-refractivity contribution is 0.462. The predicted octanol–water partition coefficient (Wildman–Crippen LogP) is 6.21. The van der Waals surface area contributed by atoms with Gasteiger partial charge in [0.25, 0.3) is 0 Å². The molecule has 1 aromatic rings. The molecule has 1 atom stereocenters. The van der Waals surface area contributed by atoms with E-state index in [1.807, 2.05) is 0 Å². The molecule has 1 rings (SSSR count). The van der Waals surface area contributed by atoms with Gasteiger partial charge in [0.05, 0.1) is 0 Å². The third kappa shape index (κ3) is 7.40. The first-order chi connectivity index (χ1) is 9.24. The number of unbranched alkanes of at least 4 members (excludes halogenated alkanes) is 5. The highest BCUT2D eigenvalue weighted by atomic mass is 14.2. The summed E-state index contributed by atoms with van der Waals surface area (Å²) in [5.41, 5.74) is 1.49. The van der Waals surface area contributed by atoms with Crippen LogP contribution in [0, 0.1) is 11.8 Å². The maximum Gasteiger partial charge on any atom is -0.0245 e. The molecule has 1 radical (unpaired) electrons. The highest BCUT2D eigenvalue weighted by Crippen LogP contribution is 2.25. The van der Waals surface area contributed by atoms with Crippen LogP contribution in [0.5, 0.6) is 0 Å². The Bertz CT molecular complexity index is 299. The third-order valence-corrected chi connectivity index (χ3v) is 4.05. The number of rotatable bonds is 10. The number of hydrogen-bond acceptors (Lipinski definition) is 0. The zero-order valence-electron chi connectivity index (χ0n) is 13.1. The van der Waals surface area contributed by atoms with Crippen LogP contribution in [0.3, 0.4) is 0 Å². The fraction of sp³-hybridized carbons (Fsp3) is 0.632. The molecule has 0 aromatic heterocycles. The number of hydrogen-bond donors (Lipinski definition) is 0. The average molecular weight is 259 g/mol. The van der Waals surface area contributed by atoms with Crippen LogP contribution in [0.2, 0.25) is 0 Å². The van der Waals surface area contributed by atoms with Gasteiger partial charge in [0.2, 0.25) is 0 Å². The smallest absolute Gasteiger partial charge is 0.0245 e. The SMILES string of the molecule is CCCCCCCCC(Cc1ccccc1)[C](C)C. The molecule has 0 saturated carbocycles. The van der Waals surface area contributed by atoms with E-state index in [4.69, 9.17) is 0 Å². The topological polar surface area (TPSA) is 0 Å². The van der Waals surface area contributed by atoms with Crippen LogP contribution < -0.4 is 0 Å². The van der Waals surface area contributed by atoms with Gasteiger partial charge in [0.15, 0.2) is 0 Å². The van der Waals surface area contributed by atoms with E-state index >= 15 is 0 Å². The number of benzene rings is 1. The second-order valence-electron chi connectivity index (χ2n) is 6.02. The molecule has 0 aliphatic carbocycles. The van der Waals surface area contributed by atoms with E-state index in [0.29, 0.717) is 0 Å². The Labute approximate surface area is 120 Å². The monoisotopic (exact) mass is 259 g/mol. The van der Waals surface area contributed by atoms with E-state index in [0.717, 1.165) is 5.92 Å². The van der Waals surface area contributed by atoms with E-state index in [-0.39, 0.29) is 0 Å². The zero-order valence-corrected chi connectivity index (χ0v) is 13.1. The van der Waals surface area contributed by atoms with Gasteiger partial charge >= 0.3 is 0 Å². The van der Waals surface area contributed by atoms with Gasteiger partial charge in [-0.15, -0.1) is 0 Å². The lowest BCUT2D eigenvalue weighted by Crippen LogP contribution is -2.10. The summed E-state index contributed by atoms with van der Waals surface area (Å²) in [7, 11) is 0. The first kappa shape index (κ1) is 16.3. The average Bonchev–Trinajstić information content (AvgIpc) is 2.42. The summed E-state index contributed by atoms with van der Waals surface area (Å²) in [5.74, 6) is 2.37. The normalized spacial score (nSPS) is 12.8. The molecular formula is C19H31. The first-order valence-corrected chi connectivity index (χ1v) is 8.08. The Kier molecular flexibility index (Phi) is 8.62. The van der Waals surface area contributed by atoms with Gasteiger partial charge in [-0.1, -0.05) is 89.6 Å². The van der Waals surface area contributed by atoms with E-state index in [2.05, 4.69) is 51.1 Å². The minimum atomic E-state index is 0.772. The first-order valence-electron chi connectivity index (χ1n) is 8.08. The van der Waals surface area contributed by atoms with Gasteiger partial charge in [-0.25, -0.2) is 0 Å². The van der Waals surface area contributed by atoms with Crippen molar-refractivity contribution in [1.29, 1.82) is 0 Å². The summed E-state index contributed by atoms with van der Waals surface area (Å²) in [6.45, 7) is 6.88. The van der Waals surface area contributed by atoms with Crippen molar-refractivity contribution in [2.24, 2.45) is 5.92 Å². The van der Waals surface area contributed by atoms with E-state index in [1.54, 1.807) is 5.92 Å². The van der Waals surface area contributed by atoms with E-state index < -0.39 is 0 Å². The van der Waals surface area contributed by atoms with Crippen LogP contribution in [0.4, 0.5) is 0 Å². The molecule has 0 bridgehead atoms. The molecule has 0 heterocycles. The fourth-order valence-electron chi connectivity index (χ4n) is 2.66. The van der Waals surface area contributed by atoms with Crippen molar-refractivity contribution in [2.75, 3.05) is 0 Å². The summed E-state index contributed by atoms with van der Waals surface area (Å²) >= 11 is 0. The lowest BCUT2D eigenvalue weighted by atomic mass is 9.85. The maximum absolute atomic E-state index is 2.30. The molecule has 107 valence electrons. The van der Waals surface area contributed by atoms with Crippen molar-refractivity contribution in [3.8, 4) is 0 Å². The molecule has 0 heteroatoms. The summed E-state index contributed by atoms with van der Waals surface area (Å²) in [6.07, 6.45) is 11.0. The molecule has 19 heavy (non-hydrogen) atoms. The van der Waals surface area contributed by atoms with Crippen molar-refractivity contribution in [3.63, 3.8) is 0 Å². The molecule has 1 aromatic carbocycles. The van der Waals surface area contributed by atoms with Gasteiger partial charge in [-0.2, -0.15) is 0 Å². The van der Waals surface area contributed by atoms with Crippen molar-refractivity contribution >= 4 is 0 Å². The Balaban J connectivity index is 2.25. The highest BCUT2D eigenvalue weighted by Gasteiger charge is 2.13. The van der Waals surface area contributed by atoms with Gasteiger partial charge < -0.3 is 0 Å². The van der Waals surface area contributed by atoms with E-state index in [1.165, 1.54) is 56.9 Å². The van der Waals surface area contributed by atoms with Crippen LogP contribution in [0.25, 0.3) is 0 Å². The molecule has 0 saturated heterocycles. The molecule has 0 aliphatic rings. The second kappa shape index (κ2) is 10.1. The van der Waals surface area contributed by atoms with Crippen LogP contribution in [-0.2, 0) is 6.42 Å². The fourth-order valence-corrected chi connectivity index (χ4v) is 2.66. The summed E-state index contributed by atoms with van der Waals surface area (Å²) < 4.78 is 0. The van der Waals surface area contributed by atoms with Crippen molar-refractivity contribution in [3.05, 3.63) is 41.8 Å². The highest BCUT2D eigenvalue weighted by molar-refractivity contribution is 5.16. The molecule has 0 nitrogen and oxygen atoms in total. The minimum Gasteiger partial charge on any atom is -0.0654 e. The predicted molar refractivity (Wildman–Crippen MR) is 86.2 cm³/mol. The molecule has 0 amide bonds. The van der Waals surface area contributed by atoms with Crippen LogP contribution in [0.15, 0.2) is 30.3 Å². The second-order valence-corrected chi connectivity index (χ2v) is 6.02. The van der Waals surface area contributed by atoms with Gasteiger partial charge in [-0.3, -0.25) is 0 Å². The summed E-state index contributed by atoms with van der Waals surface area (Å²) in [6, 6.07) is 10.9. The molecule has 0 N–H and O–H groups in total. The van der Waals surface area contributed by atoms with Crippen LogP contribution in [-0.4, -0.2) is 0 Å². The summed E-state index contributed by atoms with van der Waals surface area (Å²) in [4.78, 5) is 0. The minimum absolute atomic E-state index is 0.772. The quantitative estimate of drug-likeness (QED) is 0.438. The Morgan fingerprint density at radius 2 is 1.53 bits per heavy atom. The molecular weight excluding hydrogens is 228 g/mol. The Morgan fingerprint density at radius 1 is 0.895 bits per heavy atom. The zero-order chi connectivity index (χ0) is 13.9. The van der Waals surface area contributed by atoms with Gasteiger partial charge in [-0.05, 0) is 30.2 Å². The van der Waals surface area contributed by atoms with Crippen molar-refractivity contribution < 1.29 is 0 Å². The maximum atomic E-state index is 2.30.